The quantitative estimate of drug-likeness (QED) is 0.846. The highest BCUT2D eigenvalue weighted by molar-refractivity contribution is 5.85. The molecule has 0 aliphatic rings. The summed E-state index contributed by atoms with van der Waals surface area (Å²) in [6, 6.07) is 12.5. The Balaban J connectivity index is 2.16. The van der Waals surface area contributed by atoms with Crippen LogP contribution in [0.15, 0.2) is 47.5 Å². The molecule has 0 bridgehead atoms. The average molecular weight is 271 g/mol. The number of phenolic OH excluding ortho intramolecular Hbond substituents is 1. The van der Waals surface area contributed by atoms with E-state index in [0.717, 1.165) is 11.4 Å². The number of methoxy groups -OCH3 is 1. The van der Waals surface area contributed by atoms with Crippen molar-refractivity contribution in [1.29, 1.82) is 0 Å². The van der Waals surface area contributed by atoms with Gasteiger partial charge in [0.25, 0.3) is 0 Å². The van der Waals surface area contributed by atoms with E-state index in [4.69, 9.17) is 9.47 Å². The molecule has 104 valence electrons. The van der Waals surface area contributed by atoms with Crippen molar-refractivity contribution in [3.63, 3.8) is 0 Å². The van der Waals surface area contributed by atoms with Crippen molar-refractivity contribution in [3.8, 4) is 17.2 Å². The third kappa shape index (κ3) is 3.51. The number of ether oxygens (including phenoxy) is 2. The zero-order valence-corrected chi connectivity index (χ0v) is 11.5. The molecular weight excluding hydrogens is 254 g/mol. The largest absolute Gasteiger partial charge is 0.507 e. The Bertz CT molecular complexity index is 591. The first-order valence-electron chi connectivity index (χ1n) is 6.37. The van der Waals surface area contributed by atoms with Crippen LogP contribution in [0.3, 0.4) is 0 Å². The molecule has 0 aliphatic carbocycles. The molecule has 0 amide bonds. The molecule has 0 aromatic heterocycles. The van der Waals surface area contributed by atoms with Crippen LogP contribution in [0.2, 0.25) is 0 Å². The van der Waals surface area contributed by atoms with Crippen LogP contribution in [-0.2, 0) is 0 Å². The highest BCUT2D eigenvalue weighted by atomic mass is 16.5. The molecule has 0 fully saturated rings. The maximum Gasteiger partial charge on any atom is 0.124 e. The van der Waals surface area contributed by atoms with Gasteiger partial charge in [-0.2, -0.15) is 0 Å². The summed E-state index contributed by atoms with van der Waals surface area (Å²) in [4.78, 5) is 4.32. The fraction of sp³-hybridized carbons (Fsp3) is 0.188. The number of hydrogen-bond donors (Lipinski definition) is 1. The van der Waals surface area contributed by atoms with E-state index in [1.165, 1.54) is 0 Å². The Kier molecular flexibility index (Phi) is 4.60. The van der Waals surface area contributed by atoms with Crippen LogP contribution in [0.25, 0.3) is 0 Å². The van der Waals surface area contributed by atoms with E-state index in [0.29, 0.717) is 17.9 Å². The lowest BCUT2D eigenvalue weighted by Gasteiger charge is -2.04. The molecule has 0 radical (unpaired) electrons. The maximum atomic E-state index is 9.76. The summed E-state index contributed by atoms with van der Waals surface area (Å²) in [5, 5.41) is 9.76. The molecule has 0 atom stereocenters. The van der Waals surface area contributed by atoms with Crippen molar-refractivity contribution in [2.75, 3.05) is 13.7 Å². The van der Waals surface area contributed by atoms with Gasteiger partial charge in [0.15, 0.2) is 0 Å². The first-order valence-corrected chi connectivity index (χ1v) is 6.37. The SMILES string of the molecule is CCOc1ccc(N=Cc2cc(OC)ccc2O)cc1. The molecule has 4 heteroatoms. The van der Waals surface area contributed by atoms with Crippen molar-refractivity contribution in [2.24, 2.45) is 4.99 Å². The van der Waals surface area contributed by atoms with E-state index in [1.807, 2.05) is 31.2 Å². The second-order valence-corrected chi connectivity index (χ2v) is 4.11. The van der Waals surface area contributed by atoms with Crippen molar-refractivity contribution in [1.82, 2.24) is 0 Å². The molecule has 2 aromatic rings. The van der Waals surface area contributed by atoms with Gasteiger partial charge in [0.1, 0.15) is 17.2 Å². The summed E-state index contributed by atoms with van der Waals surface area (Å²) in [5.41, 5.74) is 1.40. The Morgan fingerprint density at radius 3 is 2.45 bits per heavy atom. The minimum Gasteiger partial charge on any atom is -0.507 e. The monoisotopic (exact) mass is 271 g/mol. The van der Waals surface area contributed by atoms with E-state index in [1.54, 1.807) is 31.5 Å². The number of rotatable bonds is 5. The molecule has 0 aliphatic heterocycles. The third-order valence-corrected chi connectivity index (χ3v) is 2.74. The van der Waals surface area contributed by atoms with Crippen LogP contribution >= 0.6 is 0 Å². The van der Waals surface area contributed by atoms with Crippen LogP contribution in [0.4, 0.5) is 5.69 Å². The van der Waals surface area contributed by atoms with Gasteiger partial charge in [-0.05, 0) is 49.4 Å². The predicted molar refractivity (Wildman–Crippen MR) is 79.5 cm³/mol. The first kappa shape index (κ1) is 13.9. The van der Waals surface area contributed by atoms with Gasteiger partial charge in [-0.3, -0.25) is 4.99 Å². The van der Waals surface area contributed by atoms with Gasteiger partial charge in [0.2, 0.25) is 0 Å². The molecule has 0 saturated carbocycles. The van der Waals surface area contributed by atoms with Crippen LogP contribution < -0.4 is 9.47 Å². The van der Waals surface area contributed by atoms with E-state index in [9.17, 15) is 5.11 Å². The minimum atomic E-state index is 0.167. The fourth-order valence-electron chi connectivity index (χ4n) is 1.70. The number of aliphatic imine (C=N–C) groups is 1. The first-order chi connectivity index (χ1) is 9.72. The summed E-state index contributed by atoms with van der Waals surface area (Å²) in [6.07, 6.45) is 1.60. The average Bonchev–Trinajstić information content (AvgIpc) is 2.48. The van der Waals surface area contributed by atoms with Crippen LogP contribution in [0.1, 0.15) is 12.5 Å². The van der Waals surface area contributed by atoms with Crippen molar-refractivity contribution in [2.45, 2.75) is 6.92 Å². The Labute approximate surface area is 118 Å². The third-order valence-electron chi connectivity index (χ3n) is 2.74. The number of nitrogens with zero attached hydrogens (tertiary/aromatic N) is 1. The van der Waals surface area contributed by atoms with Gasteiger partial charge in [0, 0.05) is 11.8 Å². The number of aromatic hydroxyl groups is 1. The van der Waals surface area contributed by atoms with Crippen LogP contribution in [-0.4, -0.2) is 25.0 Å². The van der Waals surface area contributed by atoms with Gasteiger partial charge in [-0.25, -0.2) is 0 Å². The lowest BCUT2D eigenvalue weighted by atomic mass is 10.2. The van der Waals surface area contributed by atoms with Crippen LogP contribution in [0.5, 0.6) is 17.2 Å². The van der Waals surface area contributed by atoms with Crippen molar-refractivity contribution >= 4 is 11.9 Å². The van der Waals surface area contributed by atoms with Gasteiger partial charge in [0.05, 0.1) is 19.4 Å². The molecule has 0 heterocycles. The smallest absolute Gasteiger partial charge is 0.124 e. The molecule has 0 spiro atoms. The van der Waals surface area contributed by atoms with E-state index >= 15 is 0 Å². The van der Waals surface area contributed by atoms with E-state index in [2.05, 4.69) is 4.99 Å². The summed E-state index contributed by atoms with van der Waals surface area (Å²) in [5.74, 6) is 1.66. The van der Waals surface area contributed by atoms with Gasteiger partial charge in [-0.1, -0.05) is 0 Å². The van der Waals surface area contributed by atoms with Gasteiger partial charge < -0.3 is 14.6 Å². The molecule has 2 rings (SSSR count). The zero-order valence-electron chi connectivity index (χ0n) is 11.5. The Morgan fingerprint density at radius 2 is 1.80 bits per heavy atom. The second-order valence-electron chi connectivity index (χ2n) is 4.11. The zero-order chi connectivity index (χ0) is 14.4. The normalized spacial score (nSPS) is 10.7. The Morgan fingerprint density at radius 1 is 1.10 bits per heavy atom. The topological polar surface area (TPSA) is 51.0 Å². The van der Waals surface area contributed by atoms with Gasteiger partial charge in [-0.15, -0.1) is 0 Å². The molecule has 0 saturated heterocycles. The minimum absolute atomic E-state index is 0.167. The summed E-state index contributed by atoms with van der Waals surface area (Å²) in [7, 11) is 1.58. The molecule has 20 heavy (non-hydrogen) atoms. The lowest BCUT2D eigenvalue weighted by Crippen LogP contribution is -1.90. The van der Waals surface area contributed by atoms with E-state index in [-0.39, 0.29) is 5.75 Å². The Hall–Kier alpha value is -2.49. The number of benzene rings is 2. The molecule has 1 N–H and O–H groups in total. The van der Waals surface area contributed by atoms with Gasteiger partial charge >= 0.3 is 0 Å². The number of hydrogen-bond acceptors (Lipinski definition) is 4. The molecule has 0 unspecified atom stereocenters. The number of phenols is 1. The summed E-state index contributed by atoms with van der Waals surface area (Å²) >= 11 is 0. The van der Waals surface area contributed by atoms with Crippen LogP contribution in [0, 0.1) is 0 Å². The second kappa shape index (κ2) is 6.61. The highest BCUT2D eigenvalue weighted by Gasteiger charge is 2.00. The molecule has 4 nitrogen and oxygen atoms in total. The highest BCUT2D eigenvalue weighted by Crippen LogP contribution is 2.23. The maximum absolute atomic E-state index is 9.76. The molecular formula is C16H17NO3. The van der Waals surface area contributed by atoms with Crippen molar-refractivity contribution in [3.05, 3.63) is 48.0 Å². The summed E-state index contributed by atoms with van der Waals surface area (Å²) < 4.78 is 10.5. The molecule has 2 aromatic carbocycles. The van der Waals surface area contributed by atoms with Crippen molar-refractivity contribution < 1.29 is 14.6 Å². The standard InChI is InChI=1S/C16H17NO3/c1-3-20-14-6-4-13(5-7-14)17-11-12-10-15(19-2)8-9-16(12)18/h4-11,18H,3H2,1-2H3. The predicted octanol–water partition coefficient (Wildman–Crippen LogP) is 3.55. The fourth-order valence-corrected chi connectivity index (χ4v) is 1.70. The summed E-state index contributed by atoms with van der Waals surface area (Å²) in [6.45, 7) is 2.58. The van der Waals surface area contributed by atoms with E-state index < -0.39 is 0 Å². The lowest BCUT2D eigenvalue weighted by molar-refractivity contribution is 0.340.